The fraction of sp³-hybridized carbons (Fsp3) is 0.620. The second-order valence-corrected chi connectivity index (χ2v) is 21.2. The van der Waals surface area contributed by atoms with Gasteiger partial charge < -0.3 is 51.2 Å². The van der Waals surface area contributed by atoms with Crippen molar-refractivity contribution in [1.29, 1.82) is 0 Å². The highest BCUT2D eigenvalue weighted by Gasteiger charge is 2.48. The lowest BCUT2D eigenvalue weighted by Gasteiger charge is -2.42. The predicted octanol–water partition coefficient (Wildman–Crippen LogP) is 4.69. The molecule has 2 fully saturated rings. The fourth-order valence-corrected chi connectivity index (χ4v) is 9.50. The van der Waals surface area contributed by atoms with Gasteiger partial charge in [-0.15, -0.1) is 0 Å². The number of aliphatic hydroxyl groups is 2. The van der Waals surface area contributed by atoms with Gasteiger partial charge in [-0.05, 0) is 70.1 Å². The number of alkyl halides is 1. The largest absolute Gasteiger partial charge is 0.445 e. The van der Waals surface area contributed by atoms with E-state index < -0.39 is 88.3 Å². The van der Waals surface area contributed by atoms with E-state index in [0.717, 1.165) is 46.8 Å². The number of aliphatic hydroxyl groups excluding tert-OH is 2. The first-order valence-corrected chi connectivity index (χ1v) is 25.5. The molecular formula is C50H74IN9O11. The number of hydrogen-bond donors (Lipinski definition) is 7. The first-order chi connectivity index (χ1) is 33.5. The third-order valence-electron chi connectivity index (χ3n) is 12.7. The number of imide groups is 1. The number of likely N-dealkylation sites (N-methyl/N-ethyl adjacent to an activating group) is 1. The summed E-state index contributed by atoms with van der Waals surface area (Å²) in [6.07, 6.45) is 2.87. The third-order valence-corrected chi connectivity index (χ3v) is 14.5. The molecule has 3 unspecified atom stereocenters. The lowest BCUT2D eigenvalue weighted by atomic mass is 9.87. The van der Waals surface area contributed by atoms with E-state index in [4.69, 9.17) is 9.47 Å². The molecule has 0 aliphatic carbocycles. The van der Waals surface area contributed by atoms with Crippen molar-refractivity contribution in [1.82, 2.24) is 35.7 Å². The number of aromatic nitrogens is 2. The van der Waals surface area contributed by atoms with Gasteiger partial charge in [0.25, 0.3) is 0 Å². The molecule has 0 saturated carbocycles. The minimum atomic E-state index is -1.43. The van der Waals surface area contributed by atoms with Gasteiger partial charge in [0.1, 0.15) is 49.6 Å². The van der Waals surface area contributed by atoms with Crippen LogP contribution in [0.5, 0.6) is 0 Å². The number of amides is 7. The zero-order chi connectivity index (χ0) is 52.7. The summed E-state index contributed by atoms with van der Waals surface area (Å²) in [5, 5.41) is 35.7. The summed E-state index contributed by atoms with van der Waals surface area (Å²) in [7, 11) is 1.37. The summed E-state index contributed by atoms with van der Waals surface area (Å²) >= 11 is 2.24. The maximum atomic E-state index is 13.3. The number of allylic oxidation sites excluding steroid dienone is 2. The smallest absolute Gasteiger partial charge is 0.410 e. The number of hydrogen-bond acceptors (Lipinski definition) is 14. The molecule has 2 aliphatic heterocycles. The molecule has 0 radical (unpaired) electrons. The van der Waals surface area contributed by atoms with Gasteiger partial charge in [0.2, 0.25) is 35.4 Å². The van der Waals surface area contributed by atoms with Crippen LogP contribution in [0.25, 0.3) is 0 Å². The maximum absolute atomic E-state index is 13.3. The standard InChI is InChI=1S/C50H74IN9O11/c1-11-13-14-15-30(7)36-23-37(53-27-52-36)56-47-44(65)43(64)42(32(9)71-47)58-39(62)25-59(10)49(69)70-26-33-16-18-34(19-17-33)55-45(66)31(8)54-46(67)41(29(5)6)57-38(61)20-21-60-40(63)22-35(48(60)68)50(51,12-2)24-28(3)4/h16-19,23-24,27,29-32,35,41-44,47,64-65H,11-15,20-22,25-26H2,1-10H3,(H,54,67)(H,55,66)(H,57,61)(H,58,62)(H,52,53,56)/t30?,31-,32-,35?,41-,42-,43+,44+,47-,50?/m0/s1. The molecule has 1 aromatic carbocycles. The Morgan fingerprint density at radius 2 is 1.68 bits per heavy atom. The van der Waals surface area contributed by atoms with Crippen LogP contribution in [0.15, 0.2) is 48.3 Å². The molecule has 1 aromatic heterocycles. The Bertz CT molecular complexity index is 2210. The van der Waals surface area contributed by atoms with Crippen molar-refractivity contribution in [3.05, 3.63) is 59.6 Å². The van der Waals surface area contributed by atoms with Crippen LogP contribution in [0.2, 0.25) is 0 Å². The average molecular weight is 1100 g/mol. The zero-order valence-electron chi connectivity index (χ0n) is 42.6. The predicted molar refractivity (Wildman–Crippen MR) is 275 cm³/mol. The van der Waals surface area contributed by atoms with Crippen LogP contribution in [0, 0.1) is 11.8 Å². The minimum absolute atomic E-state index is 0.0608. The zero-order valence-corrected chi connectivity index (χ0v) is 44.8. The van der Waals surface area contributed by atoms with Crippen molar-refractivity contribution in [2.45, 2.75) is 166 Å². The Kier molecular flexibility index (Phi) is 22.2. The molecule has 71 heavy (non-hydrogen) atoms. The van der Waals surface area contributed by atoms with Crippen LogP contribution >= 0.6 is 22.6 Å². The van der Waals surface area contributed by atoms with E-state index in [9.17, 15) is 43.8 Å². The van der Waals surface area contributed by atoms with Crippen LogP contribution in [0.4, 0.5) is 16.3 Å². The summed E-state index contributed by atoms with van der Waals surface area (Å²) in [6.45, 7) is 16.0. The van der Waals surface area contributed by atoms with E-state index in [0.29, 0.717) is 23.5 Å². The summed E-state index contributed by atoms with van der Waals surface area (Å²) in [5.74, 6) is -3.18. The third kappa shape index (κ3) is 16.6. The van der Waals surface area contributed by atoms with Gasteiger partial charge in [-0.25, -0.2) is 14.8 Å². The molecule has 7 N–H and O–H groups in total. The second-order valence-electron chi connectivity index (χ2n) is 19.2. The van der Waals surface area contributed by atoms with Gasteiger partial charge in [-0.2, -0.15) is 0 Å². The van der Waals surface area contributed by atoms with E-state index in [1.165, 1.54) is 20.3 Å². The van der Waals surface area contributed by atoms with Crippen molar-refractivity contribution < 1.29 is 53.2 Å². The molecule has 0 spiro atoms. The van der Waals surface area contributed by atoms with Gasteiger partial charge >= 0.3 is 6.09 Å². The molecule has 2 aliphatic rings. The Morgan fingerprint density at radius 1 is 0.986 bits per heavy atom. The first-order valence-electron chi connectivity index (χ1n) is 24.4. The maximum Gasteiger partial charge on any atom is 0.410 e. The van der Waals surface area contributed by atoms with Gasteiger partial charge in [-0.1, -0.05) is 100 Å². The molecule has 4 rings (SSSR count). The highest BCUT2D eigenvalue weighted by Crippen LogP contribution is 2.41. The number of likely N-dealkylation sites (tertiary alicyclic amines) is 1. The average Bonchev–Trinajstić information content (AvgIpc) is 3.61. The normalized spacial score (nSPS) is 22.1. The van der Waals surface area contributed by atoms with Crippen LogP contribution in [-0.2, 0) is 44.8 Å². The quantitative estimate of drug-likeness (QED) is 0.0247. The number of ether oxygens (including phenoxy) is 2. The van der Waals surface area contributed by atoms with E-state index in [1.807, 2.05) is 26.8 Å². The molecule has 2 aromatic rings. The van der Waals surface area contributed by atoms with E-state index >= 15 is 0 Å². The number of benzene rings is 1. The second kappa shape index (κ2) is 27.0. The number of unbranched alkanes of at least 4 members (excludes halogenated alkanes) is 2. The summed E-state index contributed by atoms with van der Waals surface area (Å²) in [6, 6.07) is 5.20. The molecule has 3 heterocycles. The number of nitrogens with zero attached hydrogens (tertiary/aromatic N) is 4. The number of nitrogens with one attached hydrogen (secondary N) is 5. The van der Waals surface area contributed by atoms with Crippen LogP contribution in [-0.4, -0.2) is 138 Å². The molecule has 2 saturated heterocycles. The van der Waals surface area contributed by atoms with Gasteiger partial charge in [-0.3, -0.25) is 33.7 Å². The van der Waals surface area contributed by atoms with Crippen LogP contribution < -0.4 is 26.6 Å². The molecule has 10 atom stereocenters. The summed E-state index contributed by atoms with van der Waals surface area (Å²) in [4.78, 5) is 102. The van der Waals surface area contributed by atoms with Gasteiger partial charge in [0, 0.05) is 43.9 Å². The summed E-state index contributed by atoms with van der Waals surface area (Å²) in [5.41, 5.74) is 2.85. The monoisotopic (exact) mass is 1100 g/mol. The van der Waals surface area contributed by atoms with Crippen molar-refractivity contribution in [3.8, 4) is 0 Å². The molecule has 21 heteroatoms. The van der Waals surface area contributed by atoms with Crippen molar-refractivity contribution in [2.24, 2.45) is 11.8 Å². The molecular weight excluding hydrogens is 1030 g/mol. The molecule has 0 bridgehead atoms. The SMILES string of the molecule is CCCCCC(C)c1cc(N[C@H]2O[C@@H](C)[C@H](NC(=O)CN(C)C(=O)OCc3ccc(NC(=O)[C@H](C)NC(=O)[C@@H](NC(=O)CCN4C(=O)CC(C(I)(C=C(C)C)CC)C4=O)C(C)C)cc3)[C@@H](O)[C@H]2O)ncn1. The number of rotatable bonds is 24. The van der Waals surface area contributed by atoms with Gasteiger partial charge in [0.05, 0.1) is 21.5 Å². The Labute approximate surface area is 430 Å². The highest BCUT2D eigenvalue weighted by molar-refractivity contribution is 14.1. The Hall–Kier alpha value is -5.26. The van der Waals surface area contributed by atoms with Crippen molar-refractivity contribution in [2.75, 3.05) is 30.8 Å². The summed E-state index contributed by atoms with van der Waals surface area (Å²) < 4.78 is 10.8. The van der Waals surface area contributed by atoms with Gasteiger partial charge in [0.15, 0.2) is 6.23 Å². The number of anilines is 2. The number of carbonyl (C=O) groups is 7. The number of halogens is 1. The Morgan fingerprint density at radius 3 is 2.31 bits per heavy atom. The minimum Gasteiger partial charge on any atom is -0.445 e. The molecule has 20 nitrogen and oxygen atoms in total. The lowest BCUT2D eigenvalue weighted by Crippen LogP contribution is -2.64. The van der Waals surface area contributed by atoms with Crippen molar-refractivity contribution >= 4 is 75.6 Å². The molecule has 7 amide bonds. The van der Waals surface area contributed by atoms with Crippen LogP contribution in [0.1, 0.15) is 124 Å². The fourth-order valence-electron chi connectivity index (χ4n) is 8.39. The number of carbonyl (C=O) groups excluding carboxylic acids is 7. The van der Waals surface area contributed by atoms with E-state index in [2.05, 4.69) is 73.0 Å². The van der Waals surface area contributed by atoms with Crippen LogP contribution in [0.3, 0.4) is 0 Å². The lowest BCUT2D eigenvalue weighted by molar-refractivity contribution is -0.172. The highest BCUT2D eigenvalue weighted by atomic mass is 127. The van der Waals surface area contributed by atoms with Crippen molar-refractivity contribution in [3.63, 3.8) is 0 Å². The molecule has 392 valence electrons. The first kappa shape index (κ1) is 58.3. The topological polar surface area (TPSA) is 271 Å². The Balaban J connectivity index is 1.19. The van der Waals surface area contributed by atoms with E-state index in [-0.39, 0.29) is 49.6 Å². The van der Waals surface area contributed by atoms with E-state index in [1.54, 1.807) is 51.1 Å².